The Morgan fingerprint density at radius 3 is 2.40 bits per heavy atom. The molecule has 140 valence electrons. The van der Waals surface area contributed by atoms with E-state index in [1.807, 2.05) is 0 Å². The first-order valence-corrected chi connectivity index (χ1v) is 9.48. The lowest BCUT2D eigenvalue weighted by Crippen LogP contribution is -3.14. The molecule has 0 amide bonds. The maximum Gasteiger partial charge on any atom is 0.166 e. The standard InChI is InChI=1S/C19H31N3O2S/c1-7-22-9-8-14-10-16(23-5)17(24-6)11-15(14)18(22)13(4)21-19(25)20-12(2)3/h10-13,18H,7-9H2,1-6H3,(H2,20,21,25)/p+1/t13-,18+/m1/s1. The summed E-state index contributed by atoms with van der Waals surface area (Å²) >= 11 is 5.46. The first-order valence-electron chi connectivity index (χ1n) is 9.07. The Morgan fingerprint density at radius 1 is 1.20 bits per heavy atom. The van der Waals surface area contributed by atoms with Crippen molar-refractivity contribution in [2.45, 2.75) is 52.2 Å². The predicted octanol–water partition coefficient (Wildman–Crippen LogP) is 1.47. The van der Waals surface area contributed by atoms with Crippen LogP contribution in [0.1, 0.15) is 44.9 Å². The first-order chi connectivity index (χ1) is 11.9. The van der Waals surface area contributed by atoms with Crippen molar-refractivity contribution in [3.8, 4) is 11.5 Å². The molecule has 5 nitrogen and oxygen atoms in total. The normalized spacial score (nSPS) is 20.6. The topological polar surface area (TPSA) is 47.0 Å². The number of nitrogens with one attached hydrogen (secondary N) is 3. The van der Waals surface area contributed by atoms with Gasteiger partial charge >= 0.3 is 0 Å². The van der Waals surface area contributed by atoms with Crippen molar-refractivity contribution in [1.29, 1.82) is 0 Å². The van der Waals surface area contributed by atoms with Gasteiger partial charge in [-0.3, -0.25) is 0 Å². The number of fused-ring (bicyclic) bond motifs is 1. The third-order valence-electron chi connectivity index (χ3n) is 4.87. The molecule has 25 heavy (non-hydrogen) atoms. The Labute approximate surface area is 157 Å². The molecular weight excluding hydrogens is 334 g/mol. The third kappa shape index (κ3) is 4.55. The molecular formula is C19H32N3O2S+. The number of likely N-dealkylation sites (N-methyl/N-ethyl adjacent to an activating group) is 1. The Hall–Kier alpha value is -1.53. The van der Waals surface area contributed by atoms with E-state index in [1.165, 1.54) is 11.1 Å². The molecule has 1 aliphatic rings. The van der Waals surface area contributed by atoms with Crippen LogP contribution < -0.4 is 25.0 Å². The number of benzene rings is 1. The van der Waals surface area contributed by atoms with Gasteiger partial charge in [-0.25, -0.2) is 0 Å². The zero-order valence-electron chi connectivity index (χ0n) is 16.2. The zero-order chi connectivity index (χ0) is 18.6. The summed E-state index contributed by atoms with van der Waals surface area (Å²) in [7, 11) is 3.38. The molecule has 0 spiro atoms. The van der Waals surface area contributed by atoms with Crippen molar-refractivity contribution in [2.75, 3.05) is 27.3 Å². The van der Waals surface area contributed by atoms with Crippen molar-refractivity contribution < 1.29 is 14.4 Å². The van der Waals surface area contributed by atoms with Crippen LogP contribution in [0.4, 0.5) is 0 Å². The molecule has 1 heterocycles. The van der Waals surface area contributed by atoms with E-state index >= 15 is 0 Å². The summed E-state index contributed by atoms with van der Waals surface area (Å²) in [4.78, 5) is 1.56. The highest BCUT2D eigenvalue weighted by atomic mass is 32.1. The summed E-state index contributed by atoms with van der Waals surface area (Å²) < 4.78 is 11.0. The van der Waals surface area contributed by atoms with E-state index in [-0.39, 0.29) is 6.04 Å². The Balaban J connectivity index is 2.33. The molecule has 0 radical (unpaired) electrons. The lowest BCUT2D eigenvalue weighted by Gasteiger charge is -2.38. The Kier molecular flexibility index (Phi) is 6.90. The number of methoxy groups -OCH3 is 2. The number of hydrogen-bond donors (Lipinski definition) is 3. The molecule has 3 N–H and O–H groups in total. The SMILES string of the molecule is CC[NH+]1CCc2cc(OC)c(OC)cc2[C@@H]1[C@@H](C)NC(=S)NC(C)C. The van der Waals surface area contributed by atoms with Crippen LogP contribution >= 0.6 is 12.2 Å². The molecule has 0 aromatic heterocycles. The highest BCUT2D eigenvalue weighted by Gasteiger charge is 2.35. The minimum Gasteiger partial charge on any atom is -0.493 e. The molecule has 0 saturated heterocycles. The van der Waals surface area contributed by atoms with Crippen molar-refractivity contribution in [1.82, 2.24) is 10.6 Å². The van der Waals surface area contributed by atoms with Crippen molar-refractivity contribution >= 4 is 17.3 Å². The van der Waals surface area contributed by atoms with E-state index in [1.54, 1.807) is 19.1 Å². The lowest BCUT2D eigenvalue weighted by atomic mass is 9.88. The summed E-state index contributed by atoms with van der Waals surface area (Å²) in [5, 5.41) is 7.47. The summed E-state index contributed by atoms with van der Waals surface area (Å²) in [6.45, 7) is 10.8. The average Bonchev–Trinajstić information content (AvgIpc) is 2.58. The molecule has 3 atom stereocenters. The van der Waals surface area contributed by atoms with E-state index in [2.05, 4.69) is 50.5 Å². The molecule has 0 fully saturated rings. The van der Waals surface area contributed by atoms with E-state index in [0.717, 1.165) is 31.0 Å². The summed E-state index contributed by atoms with van der Waals surface area (Å²) in [6, 6.07) is 5.13. The van der Waals surface area contributed by atoms with Crippen LogP contribution in [0.25, 0.3) is 0 Å². The average molecular weight is 367 g/mol. The van der Waals surface area contributed by atoms with E-state index in [4.69, 9.17) is 21.7 Å². The van der Waals surface area contributed by atoms with Gasteiger partial charge in [-0.05, 0) is 57.6 Å². The van der Waals surface area contributed by atoms with Crippen LogP contribution in [0.3, 0.4) is 0 Å². The van der Waals surface area contributed by atoms with Gasteiger partial charge in [-0.2, -0.15) is 0 Å². The molecule has 1 unspecified atom stereocenters. The fraction of sp³-hybridized carbons (Fsp3) is 0.632. The van der Waals surface area contributed by atoms with Crippen LogP contribution in [0, 0.1) is 0 Å². The zero-order valence-corrected chi connectivity index (χ0v) is 17.0. The number of rotatable bonds is 6. The van der Waals surface area contributed by atoms with Gasteiger partial charge in [0.2, 0.25) is 0 Å². The highest BCUT2D eigenvalue weighted by molar-refractivity contribution is 7.80. The van der Waals surface area contributed by atoms with E-state index in [0.29, 0.717) is 17.2 Å². The maximum atomic E-state index is 5.54. The Morgan fingerprint density at radius 2 is 1.84 bits per heavy atom. The number of ether oxygens (including phenoxy) is 2. The van der Waals surface area contributed by atoms with Crippen LogP contribution in [0.15, 0.2) is 12.1 Å². The second kappa shape index (κ2) is 8.72. The second-order valence-electron chi connectivity index (χ2n) is 6.96. The number of quaternary nitrogens is 1. The minimum absolute atomic E-state index is 0.214. The van der Waals surface area contributed by atoms with Gasteiger partial charge in [-0.1, -0.05) is 0 Å². The highest BCUT2D eigenvalue weighted by Crippen LogP contribution is 2.34. The van der Waals surface area contributed by atoms with Crippen LogP contribution in [-0.4, -0.2) is 44.5 Å². The molecule has 1 aromatic carbocycles. The number of hydrogen-bond acceptors (Lipinski definition) is 3. The maximum absolute atomic E-state index is 5.54. The summed E-state index contributed by atoms with van der Waals surface area (Å²) in [6.07, 6.45) is 1.05. The van der Waals surface area contributed by atoms with Crippen molar-refractivity contribution in [2.24, 2.45) is 0 Å². The predicted molar refractivity (Wildman–Crippen MR) is 106 cm³/mol. The van der Waals surface area contributed by atoms with Crippen LogP contribution in [-0.2, 0) is 6.42 Å². The van der Waals surface area contributed by atoms with Gasteiger partial charge < -0.3 is 25.0 Å². The summed E-state index contributed by atoms with van der Waals surface area (Å²) in [5.41, 5.74) is 2.67. The third-order valence-corrected chi connectivity index (χ3v) is 5.10. The molecule has 0 aliphatic carbocycles. The van der Waals surface area contributed by atoms with Gasteiger partial charge in [0.05, 0.1) is 33.4 Å². The van der Waals surface area contributed by atoms with Crippen molar-refractivity contribution in [3.63, 3.8) is 0 Å². The smallest absolute Gasteiger partial charge is 0.166 e. The largest absolute Gasteiger partial charge is 0.493 e. The lowest BCUT2D eigenvalue weighted by molar-refractivity contribution is -0.933. The second-order valence-corrected chi connectivity index (χ2v) is 7.36. The first kappa shape index (κ1) is 19.8. The van der Waals surface area contributed by atoms with Gasteiger partial charge in [-0.15, -0.1) is 0 Å². The van der Waals surface area contributed by atoms with Gasteiger partial charge in [0, 0.05) is 18.0 Å². The fourth-order valence-corrected chi connectivity index (χ4v) is 4.15. The van der Waals surface area contributed by atoms with Crippen LogP contribution in [0.2, 0.25) is 0 Å². The van der Waals surface area contributed by atoms with Crippen molar-refractivity contribution in [3.05, 3.63) is 23.3 Å². The number of thiocarbonyl (C=S) groups is 1. The molecule has 1 aromatic rings. The monoisotopic (exact) mass is 366 g/mol. The Bertz CT molecular complexity index is 607. The fourth-order valence-electron chi connectivity index (χ4n) is 3.73. The van der Waals surface area contributed by atoms with Gasteiger partial charge in [0.15, 0.2) is 16.6 Å². The molecule has 2 rings (SSSR count). The minimum atomic E-state index is 0.214. The van der Waals surface area contributed by atoms with Crippen LogP contribution in [0.5, 0.6) is 11.5 Å². The van der Waals surface area contributed by atoms with E-state index in [9.17, 15) is 0 Å². The van der Waals surface area contributed by atoms with Gasteiger partial charge in [0.25, 0.3) is 0 Å². The molecule has 6 heteroatoms. The van der Waals surface area contributed by atoms with E-state index < -0.39 is 0 Å². The molecule has 0 saturated carbocycles. The quantitative estimate of drug-likeness (QED) is 0.666. The molecule has 0 bridgehead atoms. The molecule has 1 aliphatic heterocycles. The summed E-state index contributed by atoms with van der Waals surface area (Å²) in [5.74, 6) is 1.59. The van der Waals surface area contributed by atoms with Gasteiger partial charge in [0.1, 0.15) is 6.04 Å².